The molecule has 9 heavy (non-hydrogen) atoms. The smallest absolute Gasteiger partial charge is 0.0173 e. The van der Waals surface area contributed by atoms with Crippen LogP contribution in [-0.4, -0.2) is 13.1 Å². The highest BCUT2D eigenvalue weighted by molar-refractivity contribution is 5.25. The zero-order chi connectivity index (χ0) is 6.32. The maximum atomic E-state index is 3.33. The molecule has 0 bridgehead atoms. The lowest BCUT2D eigenvalue weighted by atomic mass is 10.00. The van der Waals surface area contributed by atoms with Gasteiger partial charge in [0.2, 0.25) is 0 Å². The molecule has 1 saturated carbocycles. The normalized spacial score (nSPS) is 30.1. The summed E-state index contributed by atoms with van der Waals surface area (Å²) in [6.45, 7) is 4.62. The molecular formula is C8H13N. The van der Waals surface area contributed by atoms with Crippen molar-refractivity contribution in [1.29, 1.82) is 0 Å². The lowest BCUT2D eigenvalue weighted by molar-refractivity contribution is 0.664. The zero-order valence-corrected chi connectivity index (χ0v) is 5.91. The van der Waals surface area contributed by atoms with Gasteiger partial charge < -0.3 is 5.32 Å². The highest BCUT2D eigenvalue weighted by Crippen LogP contribution is 2.51. The third-order valence-electron chi connectivity index (χ3n) is 2.58. The molecule has 1 N–H and O–H groups in total. The minimum Gasteiger partial charge on any atom is -0.310 e. The minimum absolute atomic E-state index is 0.628. The second-order valence-electron chi connectivity index (χ2n) is 3.42. The van der Waals surface area contributed by atoms with Crippen molar-refractivity contribution in [3.05, 3.63) is 11.6 Å². The molecular weight excluding hydrogens is 110 g/mol. The van der Waals surface area contributed by atoms with Crippen LogP contribution in [-0.2, 0) is 0 Å². The molecule has 50 valence electrons. The molecule has 0 aromatic carbocycles. The highest BCUT2D eigenvalue weighted by atomic mass is 14.9. The fourth-order valence-electron chi connectivity index (χ4n) is 1.44. The Kier molecular flexibility index (Phi) is 0.974. The maximum Gasteiger partial charge on any atom is 0.0173 e. The first kappa shape index (κ1) is 5.48. The molecule has 2 aliphatic rings. The van der Waals surface area contributed by atoms with Gasteiger partial charge in [-0.3, -0.25) is 0 Å². The van der Waals surface area contributed by atoms with Crippen LogP contribution in [0, 0.1) is 5.41 Å². The van der Waals surface area contributed by atoms with Crippen LogP contribution in [0.3, 0.4) is 0 Å². The van der Waals surface area contributed by atoms with Gasteiger partial charge in [0, 0.05) is 13.1 Å². The summed E-state index contributed by atoms with van der Waals surface area (Å²) in [6.07, 6.45) is 5.19. The number of hydrogen-bond acceptors (Lipinski definition) is 1. The summed E-state index contributed by atoms with van der Waals surface area (Å²) in [6, 6.07) is 0. The third kappa shape index (κ3) is 0.799. The van der Waals surface area contributed by atoms with Crippen LogP contribution in [0.4, 0.5) is 0 Å². The van der Waals surface area contributed by atoms with Crippen LogP contribution in [0.5, 0.6) is 0 Å². The van der Waals surface area contributed by atoms with Crippen LogP contribution in [0.2, 0.25) is 0 Å². The monoisotopic (exact) mass is 123 g/mol. The van der Waals surface area contributed by atoms with E-state index in [9.17, 15) is 0 Å². The largest absolute Gasteiger partial charge is 0.310 e. The number of hydrogen-bond donors (Lipinski definition) is 1. The van der Waals surface area contributed by atoms with Crippen molar-refractivity contribution in [2.45, 2.75) is 19.8 Å². The SMILES string of the molecule is CC1(C2=CCNC2)CC1. The fourth-order valence-corrected chi connectivity index (χ4v) is 1.44. The molecule has 0 saturated heterocycles. The van der Waals surface area contributed by atoms with E-state index in [2.05, 4.69) is 18.3 Å². The van der Waals surface area contributed by atoms with E-state index < -0.39 is 0 Å². The molecule has 0 atom stereocenters. The van der Waals surface area contributed by atoms with E-state index in [1.165, 1.54) is 12.8 Å². The van der Waals surface area contributed by atoms with Gasteiger partial charge in [0.1, 0.15) is 0 Å². The minimum atomic E-state index is 0.628. The Balaban J connectivity index is 2.12. The number of rotatable bonds is 1. The molecule has 2 rings (SSSR count). The van der Waals surface area contributed by atoms with Gasteiger partial charge in [-0.1, -0.05) is 18.6 Å². The maximum absolute atomic E-state index is 3.33. The molecule has 1 heterocycles. The Morgan fingerprint density at radius 3 is 2.78 bits per heavy atom. The molecule has 1 fully saturated rings. The van der Waals surface area contributed by atoms with Crippen molar-refractivity contribution in [3.63, 3.8) is 0 Å². The van der Waals surface area contributed by atoms with Crippen molar-refractivity contribution in [3.8, 4) is 0 Å². The van der Waals surface area contributed by atoms with Crippen molar-refractivity contribution in [2.24, 2.45) is 5.41 Å². The standard InChI is InChI=1S/C8H13N/c1-8(3-4-8)7-2-5-9-6-7/h2,9H,3-6H2,1H3. The Morgan fingerprint density at radius 2 is 2.33 bits per heavy atom. The van der Waals surface area contributed by atoms with Crippen LogP contribution in [0.25, 0.3) is 0 Å². The predicted octanol–water partition coefficient (Wildman–Crippen LogP) is 1.32. The summed E-state index contributed by atoms with van der Waals surface area (Å²) in [5.74, 6) is 0. The van der Waals surface area contributed by atoms with Crippen molar-refractivity contribution >= 4 is 0 Å². The molecule has 1 nitrogen and oxygen atoms in total. The van der Waals surface area contributed by atoms with E-state index in [1.807, 2.05) is 0 Å². The van der Waals surface area contributed by atoms with Crippen LogP contribution >= 0.6 is 0 Å². The van der Waals surface area contributed by atoms with Gasteiger partial charge in [-0.25, -0.2) is 0 Å². The average molecular weight is 123 g/mol. The van der Waals surface area contributed by atoms with Crippen molar-refractivity contribution in [2.75, 3.05) is 13.1 Å². The summed E-state index contributed by atoms with van der Waals surface area (Å²) < 4.78 is 0. The second kappa shape index (κ2) is 1.60. The van der Waals surface area contributed by atoms with Gasteiger partial charge in [-0.05, 0) is 18.3 Å². The second-order valence-corrected chi connectivity index (χ2v) is 3.42. The Bertz CT molecular complexity index is 154. The first-order valence-electron chi connectivity index (χ1n) is 3.71. The van der Waals surface area contributed by atoms with E-state index in [4.69, 9.17) is 0 Å². The third-order valence-corrected chi connectivity index (χ3v) is 2.58. The molecule has 1 aliphatic heterocycles. The van der Waals surface area contributed by atoms with Gasteiger partial charge in [-0.2, -0.15) is 0 Å². The molecule has 0 radical (unpaired) electrons. The first-order chi connectivity index (χ1) is 4.31. The fraction of sp³-hybridized carbons (Fsp3) is 0.750. The molecule has 0 spiro atoms. The van der Waals surface area contributed by atoms with Gasteiger partial charge in [-0.15, -0.1) is 0 Å². The molecule has 0 amide bonds. The summed E-state index contributed by atoms with van der Waals surface area (Å²) >= 11 is 0. The average Bonchev–Trinajstić information content (AvgIpc) is 2.46. The van der Waals surface area contributed by atoms with E-state index >= 15 is 0 Å². The quantitative estimate of drug-likeness (QED) is 0.518. The van der Waals surface area contributed by atoms with E-state index in [1.54, 1.807) is 5.57 Å². The van der Waals surface area contributed by atoms with Gasteiger partial charge in [0.15, 0.2) is 0 Å². The van der Waals surface area contributed by atoms with Crippen molar-refractivity contribution in [1.82, 2.24) is 5.32 Å². The molecule has 1 heteroatoms. The van der Waals surface area contributed by atoms with Gasteiger partial charge >= 0.3 is 0 Å². The summed E-state index contributed by atoms with van der Waals surface area (Å²) in [5, 5.41) is 3.33. The highest BCUT2D eigenvalue weighted by Gasteiger charge is 2.40. The van der Waals surface area contributed by atoms with Crippen LogP contribution < -0.4 is 5.32 Å². The number of nitrogens with one attached hydrogen (secondary N) is 1. The Labute approximate surface area is 56.1 Å². The summed E-state index contributed by atoms with van der Waals surface area (Å²) in [5.41, 5.74) is 2.28. The first-order valence-corrected chi connectivity index (χ1v) is 3.71. The Morgan fingerprint density at radius 1 is 1.56 bits per heavy atom. The molecule has 0 unspecified atom stereocenters. The zero-order valence-electron chi connectivity index (χ0n) is 5.91. The van der Waals surface area contributed by atoms with Crippen molar-refractivity contribution < 1.29 is 0 Å². The molecule has 1 aliphatic carbocycles. The lowest BCUT2D eigenvalue weighted by Crippen LogP contribution is -2.11. The summed E-state index contributed by atoms with van der Waals surface area (Å²) in [4.78, 5) is 0. The van der Waals surface area contributed by atoms with Crippen LogP contribution in [0.1, 0.15) is 19.8 Å². The van der Waals surface area contributed by atoms with E-state index in [0.29, 0.717) is 5.41 Å². The summed E-state index contributed by atoms with van der Waals surface area (Å²) in [7, 11) is 0. The van der Waals surface area contributed by atoms with Gasteiger partial charge in [0.25, 0.3) is 0 Å². The topological polar surface area (TPSA) is 12.0 Å². The van der Waals surface area contributed by atoms with Crippen LogP contribution in [0.15, 0.2) is 11.6 Å². The lowest BCUT2D eigenvalue weighted by Gasteiger charge is -2.07. The molecule has 0 aromatic rings. The van der Waals surface area contributed by atoms with Gasteiger partial charge in [0.05, 0.1) is 0 Å². The van der Waals surface area contributed by atoms with E-state index in [-0.39, 0.29) is 0 Å². The van der Waals surface area contributed by atoms with E-state index in [0.717, 1.165) is 13.1 Å². The predicted molar refractivity (Wildman–Crippen MR) is 38.3 cm³/mol. The molecule has 0 aromatic heterocycles. The Hall–Kier alpha value is -0.300.